The van der Waals surface area contributed by atoms with Crippen LogP contribution in [0.25, 0.3) is 0 Å². The van der Waals surface area contributed by atoms with E-state index in [2.05, 4.69) is 10.9 Å². The van der Waals surface area contributed by atoms with Crippen LogP contribution in [0.5, 0.6) is 5.75 Å². The number of nitrogens with one attached hydrogen (secondary N) is 2. The van der Waals surface area contributed by atoms with Gasteiger partial charge in [-0.2, -0.15) is 0 Å². The Kier molecular flexibility index (Phi) is 5.47. The van der Waals surface area contributed by atoms with E-state index in [-0.39, 0.29) is 24.3 Å². The number of carbonyl (C=O) groups is 2. The lowest BCUT2D eigenvalue weighted by Crippen LogP contribution is -2.44. The fraction of sp³-hybridized carbons (Fsp3) is 0.300. The Morgan fingerprint density at radius 3 is 2.50 bits per heavy atom. The van der Waals surface area contributed by atoms with Crippen LogP contribution in [0.3, 0.4) is 0 Å². The first-order valence-corrected chi connectivity index (χ1v) is 8.86. The molecule has 2 unspecified atom stereocenters. The quantitative estimate of drug-likeness (QED) is 0.791. The van der Waals surface area contributed by atoms with Gasteiger partial charge in [0, 0.05) is 10.9 Å². The molecule has 6 heteroatoms. The van der Waals surface area contributed by atoms with Gasteiger partial charge in [0.15, 0.2) is 6.61 Å². The Morgan fingerprint density at radius 1 is 1.12 bits per heavy atom. The number of benzene rings is 2. The van der Waals surface area contributed by atoms with Gasteiger partial charge in [-0.05, 0) is 61.1 Å². The van der Waals surface area contributed by atoms with Crippen molar-refractivity contribution in [2.75, 3.05) is 6.61 Å². The summed E-state index contributed by atoms with van der Waals surface area (Å²) in [6.45, 7) is 3.76. The molecule has 0 heterocycles. The Bertz CT molecular complexity index is 817. The topological polar surface area (TPSA) is 67.4 Å². The molecule has 0 aromatic heterocycles. The van der Waals surface area contributed by atoms with Crippen LogP contribution < -0.4 is 15.6 Å². The summed E-state index contributed by atoms with van der Waals surface area (Å²) in [5.74, 6) is -0.0604. The van der Waals surface area contributed by atoms with Gasteiger partial charge in [-0.1, -0.05) is 35.9 Å². The van der Waals surface area contributed by atoms with E-state index in [9.17, 15) is 9.59 Å². The summed E-state index contributed by atoms with van der Waals surface area (Å²) in [7, 11) is 0. The van der Waals surface area contributed by atoms with Crippen LogP contribution in [-0.4, -0.2) is 18.4 Å². The molecule has 0 saturated heterocycles. The summed E-state index contributed by atoms with van der Waals surface area (Å²) in [5, 5.41) is 0.665. The van der Waals surface area contributed by atoms with Gasteiger partial charge in [-0.15, -0.1) is 0 Å². The second-order valence-corrected chi connectivity index (χ2v) is 7.03. The highest BCUT2D eigenvalue weighted by Crippen LogP contribution is 2.49. The smallest absolute Gasteiger partial charge is 0.276 e. The highest BCUT2D eigenvalue weighted by molar-refractivity contribution is 6.31. The zero-order valence-corrected chi connectivity index (χ0v) is 15.5. The van der Waals surface area contributed by atoms with Gasteiger partial charge in [0.2, 0.25) is 5.91 Å². The third-order valence-electron chi connectivity index (χ3n) is 4.32. The van der Waals surface area contributed by atoms with Crippen molar-refractivity contribution in [1.29, 1.82) is 0 Å². The van der Waals surface area contributed by atoms with E-state index in [1.807, 2.05) is 56.3 Å². The number of hydrogen-bond acceptors (Lipinski definition) is 3. The Balaban J connectivity index is 1.43. The minimum atomic E-state index is -0.410. The van der Waals surface area contributed by atoms with Crippen molar-refractivity contribution in [1.82, 2.24) is 10.9 Å². The Labute approximate surface area is 157 Å². The minimum absolute atomic E-state index is 0.104. The molecule has 1 saturated carbocycles. The highest BCUT2D eigenvalue weighted by Gasteiger charge is 2.44. The number of aryl methyl sites for hydroxylation is 2. The summed E-state index contributed by atoms with van der Waals surface area (Å²) < 4.78 is 5.46. The monoisotopic (exact) mass is 372 g/mol. The zero-order valence-electron chi connectivity index (χ0n) is 14.7. The van der Waals surface area contributed by atoms with E-state index >= 15 is 0 Å². The lowest BCUT2D eigenvalue weighted by Gasteiger charge is -2.10. The standard InChI is InChI=1S/C20H21ClN2O3/c1-12-7-13(2)9-14(8-12)26-11-19(24)22-23-20(25)17-10-16(17)15-5-3-4-6-18(15)21/h3-9,16-17H,10-11H2,1-2H3,(H,22,24)(H,23,25). The number of carbonyl (C=O) groups excluding carboxylic acids is 2. The number of hydrogen-bond donors (Lipinski definition) is 2. The zero-order chi connectivity index (χ0) is 18.7. The molecule has 3 rings (SSSR count). The molecule has 26 heavy (non-hydrogen) atoms. The molecular formula is C20H21ClN2O3. The molecule has 5 nitrogen and oxygen atoms in total. The fourth-order valence-electron chi connectivity index (χ4n) is 3.03. The van der Waals surface area contributed by atoms with E-state index in [4.69, 9.17) is 16.3 Å². The van der Waals surface area contributed by atoms with Crippen LogP contribution in [-0.2, 0) is 9.59 Å². The predicted molar refractivity (Wildman–Crippen MR) is 100.0 cm³/mol. The maximum Gasteiger partial charge on any atom is 0.276 e. The molecule has 2 amide bonds. The molecule has 2 N–H and O–H groups in total. The van der Waals surface area contributed by atoms with Crippen molar-refractivity contribution in [3.63, 3.8) is 0 Å². The first kappa shape index (κ1) is 18.3. The Hall–Kier alpha value is -2.53. The van der Waals surface area contributed by atoms with Crippen molar-refractivity contribution in [3.8, 4) is 5.75 Å². The summed E-state index contributed by atoms with van der Waals surface area (Å²) in [6.07, 6.45) is 0.727. The van der Waals surface area contributed by atoms with Gasteiger partial charge in [0.25, 0.3) is 5.91 Å². The number of rotatable bonds is 5. The van der Waals surface area contributed by atoms with E-state index in [0.29, 0.717) is 10.8 Å². The van der Waals surface area contributed by atoms with Crippen molar-refractivity contribution in [2.24, 2.45) is 5.92 Å². The SMILES string of the molecule is Cc1cc(C)cc(OCC(=O)NNC(=O)C2CC2c2ccccc2Cl)c1. The number of amides is 2. The third kappa shape index (κ3) is 4.55. The van der Waals surface area contributed by atoms with E-state index in [0.717, 1.165) is 23.1 Å². The van der Waals surface area contributed by atoms with Crippen molar-refractivity contribution in [2.45, 2.75) is 26.2 Å². The van der Waals surface area contributed by atoms with Gasteiger partial charge >= 0.3 is 0 Å². The summed E-state index contributed by atoms with van der Waals surface area (Å²) in [6, 6.07) is 13.2. The number of ether oxygens (including phenoxy) is 1. The first-order valence-electron chi connectivity index (χ1n) is 8.48. The van der Waals surface area contributed by atoms with Crippen LogP contribution in [0, 0.1) is 19.8 Å². The Morgan fingerprint density at radius 2 is 1.81 bits per heavy atom. The molecule has 2 aromatic carbocycles. The van der Waals surface area contributed by atoms with Gasteiger partial charge in [0.05, 0.1) is 0 Å². The van der Waals surface area contributed by atoms with E-state index in [1.54, 1.807) is 0 Å². The molecule has 2 aromatic rings. The van der Waals surface area contributed by atoms with Crippen LogP contribution in [0.15, 0.2) is 42.5 Å². The van der Waals surface area contributed by atoms with Crippen LogP contribution >= 0.6 is 11.6 Å². The molecular weight excluding hydrogens is 352 g/mol. The average Bonchev–Trinajstić information content (AvgIpc) is 3.38. The minimum Gasteiger partial charge on any atom is -0.484 e. The maximum atomic E-state index is 12.2. The largest absolute Gasteiger partial charge is 0.484 e. The molecule has 0 bridgehead atoms. The molecule has 0 radical (unpaired) electrons. The molecule has 0 spiro atoms. The lowest BCUT2D eigenvalue weighted by atomic mass is 10.1. The van der Waals surface area contributed by atoms with Crippen LogP contribution in [0.4, 0.5) is 0 Å². The summed E-state index contributed by atoms with van der Waals surface area (Å²) in [4.78, 5) is 24.0. The molecule has 136 valence electrons. The van der Waals surface area contributed by atoms with Crippen LogP contribution in [0.1, 0.15) is 29.0 Å². The van der Waals surface area contributed by atoms with Gasteiger partial charge in [-0.3, -0.25) is 20.4 Å². The third-order valence-corrected chi connectivity index (χ3v) is 4.67. The van der Waals surface area contributed by atoms with Crippen molar-refractivity contribution in [3.05, 3.63) is 64.2 Å². The summed E-state index contributed by atoms with van der Waals surface area (Å²) in [5.41, 5.74) is 7.95. The van der Waals surface area contributed by atoms with Crippen LogP contribution in [0.2, 0.25) is 5.02 Å². The first-order chi connectivity index (χ1) is 12.4. The van der Waals surface area contributed by atoms with E-state index < -0.39 is 5.91 Å². The van der Waals surface area contributed by atoms with E-state index in [1.165, 1.54) is 0 Å². The predicted octanol–water partition coefficient (Wildman–Crippen LogP) is 3.29. The highest BCUT2D eigenvalue weighted by atomic mass is 35.5. The molecule has 2 atom stereocenters. The summed E-state index contributed by atoms with van der Waals surface area (Å²) >= 11 is 6.16. The lowest BCUT2D eigenvalue weighted by molar-refractivity contribution is -0.130. The van der Waals surface area contributed by atoms with Gasteiger partial charge in [-0.25, -0.2) is 0 Å². The second-order valence-electron chi connectivity index (χ2n) is 6.62. The molecule has 1 aliphatic rings. The van der Waals surface area contributed by atoms with Crippen molar-refractivity contribution < 1.29 is 14.3 Å². The van der Waals surface area contributed by atoms with Gasteiger partial charge in [0.1, 0.15) is 5.75 Å². The number of hydrazine groups is 1. The van der Waals surface area contributed by atoms with Gasteiger partial charge < -0.3 is 4.74 Å². The molecule has 0 aliphatic heterocycles. The average molecular weight is 373 g/mol. The van der Waals surface area contributed by atoms with Crippen molar-refractivity contribution >= 4 is 23.4 Å². The second kappa shape index (κ2) is 7.79. The number of halogens is 1. The normalized spacial score (nSPS) is 18.1. The fourth-order valence-corrected chi connectivity index (χ4v) is 3.31. The maximum absolute atomic E-state index is 12.2. The molecule has 1 fully saturated rings. The molecule has 1 aliphatic carbocycles.